The van der Waals surface area contributed by atoms with Gasteiger partial charge in [0.2, 0.25) is 0 Å². The third-order valence-corrected chi connectivity index (χ3v) is 2.93. The molecule has 2 aromatic rings. The normalized spacial score (nSPS) is 10.5. The highest BCUT2D eigenvalue weighted by molar-refractivity contribution is 7.09. The lowest BCUT2D eigenvalue weighted by Crippen LogP contribution is -2.08. The minimum atomic E-state index is -1.62. The van der Waals surface area contributed by atoms with Crippen molar-refractivity contribution in [2.45, 2.75) is 6.42 Å². The van der Waals surface area contributed by atoms with E-state index in [1.165, 1.54) is 23.0 Å². The first kappa shape index (κ1) is 11.8. The summed E-state index contributed by atoms with van der Waals surface area (Å²) in [6, 6.07) is 1.68. The van der Waals surface area contributed by atoms with Crippen molar-refractivity contribution < 1.29 is 18.0 Å². The van der Waals surface area contributed by atoms with Crippen LogP contribution in [0, 0.1) is 17.5 Å². The number of carbonyl (C=O) groups is 1. The summed E-state index contributed by atoms with van der Waals surface area (Å²) in [5, 5.41) is 0. The topological polar surface area (TPSA) is 30.0 Å². The fourth-order valence-corrected chi connectivity index (χ4v) is 1.92. The fraction of sp³-hybridized carbons (Fsp3) is 0.0909. The summed E-state index contributed by atoms with van der Waals surface area (Å²) in [6.07, 6.45) is 1.40. The Morgan fingerprint density at radius 1 is 1.24 bits per heavy atom. The summed E-state index contributed by atoms with van der Waals surface area (Å²) in [5.74, 6) is -4.98. The van der Waals surface area contributed by atoms with Crippen molar-refractivity contribution >= 4 is 17.1 Å². The Balaban J connectivity index is 2.29. The van der Waals surface area contributed by atoms with Gasteiger partial charge >= 0.3 is 0 Å². The highest BCUT2D eigenvalue weighted by Gasteiger charge is 2.19. The quantitative estimate of drug-likeness (QED) is 0.625. The van der Waals surface area contributed by atoms with E-state index in [-0.39, 0.29) is 6.42 Å². The number of thiazole rings is 1. The van der Waals surface area contributed by atoms with E-state index in [1.807, 2.05) is 0 Å². The Labute approximate surface area is 98.7 Å². The van der Waals surface area contributed by atoms with Crippen LogP contribution in [0.2, 0.25) is 0 Å². The molecule has 0 unspecified atom stereocenters. The van der Waals surface area contributed by atoms with E-state index < -0.39 is 28.8 Å². The number of rotatable bonds is 3. The van der Waals surface area contributed by atoms with Crippen LogP contribution < -0.4 is 0 Å². The molecule has 2 rings (SSSR count). The molecule has 0 saturated heterocycles. The van der Waals surface area contributed by atoms with E-state index in [4.69, 9.17) is 0 Å². The molecule has 0 aliphatic carbocycles. The number of hydrogen-bond acceptors (Lipinski definition) is 3. The monoisotopic (exact) mass is 257 g/mol. The first-order valence-corrected chi connectivity index (χ1v) is 5.51. The highest BCUT2D eigenvalue weighted by atomic mass is 32.1. The Morgan fingerprint density at radius 2 is 2.00 bits per heavy atom. The smallest absolute Gasteiger partial charge is 0.195 e. The van der Waals surface area contributed by atoms with Crippen LogP contribution in [0.25, 0.3) is 0 Å². The summed E-state index contributed by atoms with van der Waals surface area (Å²) >= 11 is 1.24. The van der Waals surface area contributed by atoms with Crippen LogP contribution in [0.3, 0.4) is 0 Å². The number of aromatic nitrogens is 1. The lowest BCUT2D eigenvalue weighted by atomic mass is 10.1. The lowest BCUT2D eigenvalue weighted by Gasteiger charge is -2.02. The van der Waals surface area contributed by atoms with Gasteiger partial charge in [0.05, 0.1) is 11.1 Å². The standard InChI is InChI=1S/C11H6F3NOS/c12-8-2-1-7(10(13)11(8)14)9(16)3-6-4-15-5-17-6/h1-2,4-5H,3H2. The van der Waals surface area contributed by atoms with E-state index in [0.29, 0.717) is 4.88 Å². The molecule has 0 radical (unpaired) electrons. The zero-order chi connectivity index (χ0) is 12.4. The third-order valence-electron chi connectivity index (χ3n) is 2.15. The van der Waals surface area contributed by atoms with Crippen molar-refractivity contribution in [3.05, 3.63) is 51.7 Å². The number of benzene rings is 1. The Bertz CT molecular complexity index is 554. The molecule has 0 amide bonds. The van der Waals surface area contributed by atoms with Crippen LogP contribution in [0.15, 0.2) is 23.8 Å². The summed E-state index contributed by atoms with van der Waals surface area (Å²) in [6.45, 7) is 0. The first-order valence-electron chi connectivity index (χ1n) is 4.63. The molecule has 1 aromatic carbocycles. The number of nitrogens with zero attached hydrogens (tertiary/aromatic N) is 1. The molecule has 6 heteroatoms. The van der Waals surface area contributed by atoms with Gasteiger partial charge in [0.15, 0.2) is 23.2 Å². The van der Waals surface area contributed by atoms with Crippen molar-refractivity contribution in [3.63, 3.8) is 0 Å². The number of carbonyl (C=O) groups excluding carboxylic acids is 1. The zero-order valence-corrected chi connectivity index (χ0v) is 9.23. The van der Waals surface area contributed by atoms with Crippen LogP contribution >= 0.6 is 11.3 Å². The molecule has 0 atom stereocenters. The first-order chi connectivity index (χ1) is 8.09. The van der Waals surface area contributed by atoms with Gasteiger partial charge in [-0.1, -0.05) is 0 Å². The summed E-state index contributed by atoms with van der Waals surface area (Å²) in [5.41, 5.74) is 1.09. The molecule has 88 valence electrons. The number of Topliss-reactive ketones (excluding diaryl/α,β-unsaturated/α-hetero) is 1. The Morgan fingerprint density at radius 3 is 2.65 bits per heavy atom. The van der Waals surface area contributed by atoms with E-state index in [2.05, 4.69) is 4.98 Å². The number of halogens is 3. The largest absolute Gasteiger partial charge is 0.294 e. The summed E-state index contributed by atoms with van der Waals surface area (Å²) in [4.78, 5) is 16.0. The van der Waals surface area contributed by atoms with Gasteiger partial charge in [-0.2, -0.15) is 0 Å². The van der Waals surface area contributed by atoms with Crippen LogP contribution in [0.4, 0.5) is 13.2 Å². The number of ketones is 1. The number of hydrogen-bond donors (Lipinski definition) is 0. The Kier molecular flexibility index (Phi) is 3.23. The van der Waals surface area contributed by atoms with Gasteiger partial charge in [-0.25, -0.2) is 13.2 Å². The minimum absolute atomic E-state index is 0.0767. The van der Waals surface area contributed by atoms with Crippen molar-refractivity contribution in [2.75, 3.05) is 0 Å². The summed E-state index contributed by atoms with van der Waals surface area (Å²) in [7, 11) is 0. The molecule has 17 heavy (non-hydrogen) atoms. The predicted octanol–water partition coefficient (Wildman–Crippen LogP) is 2.99. The van der Waals surface area contributed by atoms with Crippen LogP contribution in [0.1, 0.15) is 15.2 Å². The maximum Gasteiger partial charge on any atom is 0.195 e. The van der Waals surface area contributed by atoms with Gasteiger partial charge in [0.1, 0.15) is 0 Å². The highest BCUT2D eigenvalue weighted by Crippen LogP contribution is 2.18. The second-order valence-electron chi connectivity index (χ2n) is 3.29. The fourth-order valence-electron chi connectivity index (χ4n) is 1.32. The van der Waals surface area contributed by atoms with Gasteiger partial charge in [-0.05, 0) is 12.1 Å². The second kappa shape index (κ2) is 4.67. The molecular weight excluding hydrogens is 251 g/mol. The molecule has 0 fully saturated rings. The van der Waals surface area contributed by atoms with Gasteiger partial charge in [0.25, 0.3) is 0 Å². The van der Waals surface area contributed by atoms with Crippen molar-refractivity contribution in [3.8, 4) is 0 Å². The molecule has 0 aliphatic heterocycles. The molecule has 1 aromatic heterocycles. The molecule has 2 nitrogen and oxygen atoms in total. The SMILES string of the molecule is O=C(Cc1cncs1)c1ccc(F)c(F)c1F. The summed E-state index contributed by atoms with van der Waals surface area (Å²) < 4.78 is 38.9. The van der Waals surface area contributed by atoms with Gasteiger partial charge in [0, 0.05) is 17.5 Å². The molecule has 0 spiro atoms. The van der Waals surface area contributed by atoms with E-state index >= 15 is 0 Å². The maximum absolute atomic E-state index is 13.3. The van der Waals surface area contributed by atoms with Crippen LogP contribution in [-0.2, 0) is 6.42 Å². The molecule has 1 heterocycles. The molecular formula is C11H6F3NOS. The van der Waals surface area contributed by atoms with Crippen molar-refractivity contribution in [1.82, 2.24) is 4.98 Å². The maximum atomic E-state index is 13.3. The molecule has 0 saturated carbocycles. The third kappa shape index (κ3) is 2.36. The van der Waals surface area contributed by atoms with Crippen LogP contribution in [-0.4, -0.2) is 10.8 Å². The molecule has 0 bridgehead atoms. The molecule has 0 aliphatic rings. The lowest BCUT2D eigenvalue weighted by molar-refractivity contribution is 0.0988. The van der Waals surface area contributed by atoms with Crippen LogP contribution in [0.5, 0.6) is 0 Å². The van der Waals surface area contributed by atoms with Crippen molar-refractivity contribution in [1.29, 1.82) is 0 Å². The van der Waals surface area contributed by atoms with Gasteiger partial charge in [-0.15, -0.1) is 11.3 Å². The average Bonchev–Trinajstić information content (AvgIpc) is 2.78. The van der Waals surface area contributed by atoms with E-state index in [0.717, 1.165) is 12.1 Å². The minimum Gasteiger partial charge on any atom is -0.294 e. The predicted molar refractivity (Wildman–Crippen MR) is 56.5 cm³/mol. The molecule has 0 N–H and O–H groups in total. The second-order valence-corrected chi connectivity index (χ2v) is 4.26. The van der Waals surface area contributed by atoms with Gasteiger partial charge in [-0.3, -0.25) is 9.78 Å². The van der Waals surface area contributed by atoms with E-state index in [9.17, 15) is 18.0 Å². The Hall–Kier alpha value is -1.69. The average molecular weight is 257 g/mol. The van der Waals surface area contributed by atoms with Gasteiger partial charge < -0.3 is 0 Å². The van der Waals surface area contributed by atoms with E-state index in [1.54, 1.807) is 0 Å². The van der Waals surface area contributed by atoms with Crippen molar-refractivity contribution in [2.24, 2.45) is 0 Å². The zero-order valence-electron chi connectivity index (χ0n) is 8.41.